The Balaban J connectivity index is 3.57. The van der Waals surface area contributed by atoms with E-state index in [1.54, 1.807) is 0 Å². The molecular formula is C3H4O3. The van der Waals surface area contributed by atoms with Gasteiger partial charge in [-0.05, 0) is 0 Å². The van der Waals surface area contributed by atoms with Crippen molar-refractivity contribution >= 4 is 11.8 Å². The highest BCUT2D eigenvalue weighted by Gasteiger charge is 1.98. The number of carbonyl (C=O) groups is 2. The molecule has 0 fully saturated rings. The molecular weight excluding hydrogens is 85.0 g/mol. The van der Waals surface area contributed by atoms with Gasteiger partial charge in [-0.2, -0.15) is 0 Å². The maximum atomic E-state index is 9.54. The molecule has 6 heavy (non-hydrogen) atoms. The van der Waals surface area contributed by atoms with Crippen LogP contribution in [0.4, 0.5) is 0 Å². The SMILES string of the molecule is [13CH3]C(=O)C(=O)O. The molecule has 0 aromatic heterocycles. The fraction of sp³-hybridized carbons (Fsp3) is 0.333. The summed E-state index contributed by atoms with van der Waals surface area (Å²) in [5.74, 6) is -2.20. The van der Waals surface area contributed by atoms with Crippen molar-refractivity contribution < 1.29 is 14.7 Å². The first-order chi connectivity index (χ1) is 2.64. The summed E-state index contributed by atoms with van der Waals surface area (Å²) in [6.45, 7) is 1.00. The fourth-order valence-corrected chi connectivity index (χ4v) is 0. The van der Waals surface area contributed by atoms with Crippen LogP contribution in [0.15, 0.2) is 0 Å². The van der Waals surface area contributed by atoms with Gasteiger partial charge in [0.2, 0.25) is 5.78 Å². The molecule has 0 radical (unpaired) electrons. The molecule has 0 saturated carbocycles. The van der Waals surface area contributed by atoms with Gasteiger partial charge in [0.05, 0.1) is 0 Å². The van der Waals surface area contributed by atoms with Crippen molar-refractivity contribution in [3.63, 3.8) is 0 Å². The van der Waals surface area contributed by atoms with Gasteiger partial charge in [-0.25, -0.2) is 4.79 Å². The lowest BCUT2D eigenvalue weighted by molar-refractivity contribution is -0.148. The summed E-state index contributed by atoms with van der Waals surface area (Å²) in [5.41, 5.74) is 0. The van der Waals surface area contributed by atoms with Gasteiger partial charge in [0.15, 0.2) is 0 Å². The Morgan fingerprint density at radius 1 is 1.50 bits per heavy atom. The average molecular weight is 89.1 g/mol. The third-order valence-corrected chi connectivity index (χ3v) is 0.301. The molecule has 34 valence electrons. The van der Waals surface area contributed by atoms with Crippen LogP contribution in [-0.2, 0) is 9.59 Å². The predicted molar refractivity (Wildman–Crippen MR) is 18.3 cm³/mol. The number of rotatable bonds is 1. The molecule has 0 spiro atoms. The molecule has 0 aromatic rings. The van der Waals surface area contributed by atoms with Crippen molar-refractivity contribution in [2.45, 2.75) is 6.92 Å². The first-order valence-corrected chi connectivity index (χ1v) is 1.38. The van der Waals surface area contributed by atoms with Gasteiger partial charge in [-0.3, -0.25) is 4.79 Å². The Hall–Kier alpha value is -0.860. The first-order valence-electron chi connectivity index (χ1n) is 1.38. The van der Waals surface area contributed by atoms with Crippen molar-refractivity contribution in [2.75, 3.05) is 0 Å². The summed E-state index contributed by atoms with van der Waals surface area (Å²) in [5, 5.41) is 7.64. The van der Waals surface area contributed by atoms with Gasteiger partial charge in [0.25, 0.3) is 0 Å². The van der Waals surface area contributed by atoms with E-state index >= 15 is 0 Å². The van der Waals surface area contributed by atoms with E-state index < -0.39 is 11.8 Å². The highest BCUT2D eigenvalue weighted by atomic mass is 16.4. The van der Waals surface area contributed by atoms with E-state index in [0.29, 0.717) is 0 Å². The number of aliphatic carboxylic acids is 1. The molecule has 3 heteroatoms. The molecule has 0 bridgehead atoms. The third kappa shape index (κ3) is 1.46. The summed E-state index contributed by atoms with van der Waals surface area (Å²) < 4.78 is 0. The minimum atomic E-state index is -1.38. The maximum absolute atomic E-state index is 9.54. The second-order valence-corrected chi connectivity index (χ2v) is 0.861. The molecule has 0 aromatic carbocycles. The normalized spacial score (nSPS) is 7.50. The zero-order chi connectivity index (χ0) is 5.15. The van der Waals surface area contributed by atoms with Crippen LogP contribution in [0.1, 0.15) is 6.92 Å². The van der Waals surface area contributed by atoms with Crippen LogP contribution in [0.5, 0.6) is 0 Å². The fourth-order valence-electron chi connectivity index (χ4n) is 0. The molecule has 0 aliphatic heterocycles. The molecule has 0 saturated heterocycles. The van der Waals surface area contributed by atoms with E-state index in [1.807, 2.05) is 0 Å². The zero-order valence-corrected chi connectivity index (χ0v) is 3.26. The standard InChI is InChI=1S/C3H4O3/c1-2(4)3(5)6/h1H3,(H,5,6)/i1+1. The van der Waals surface area contributed by atoms with Crippen molar-refractivity contribution in [1.82, 2.24) is 0 Å². The van der Waals surface area contributed by atoms with Gasteiger partial charge in [0, 0.05) is 6.92 Å². The predicted octanol–water partition coefficient (Wildman–Crippen LogP) is -0.340. The van der Waals surface area contributed by atoms with Crippen molar-refractivity contribution in [2.24, 2.45) is 0 Å². The highest BCUT2D eigenvalue weighted by molar-refractivity contribution is 6.31. The third-order valence-electron chi connectivity index (χ3n) is 0.301. The first kappa shape index (κ1) is 5.14. The van der Waals surface area contributed by atoms with Crippen molar-refractivity contribution in [3.8, 4) is 0 Å². The molecule has 0 aliphatic rings. The number of hydrogen-bond acceptors (Lipinski definition) is 2. The van der Waals surface area contributed by atoms with Crippen molar-refractivity contribution in [3.05, 3.63) is 0 Å². The zero-order valence-electron chi connectivity index (χ0n) is 3.26. The maximum Gasteiger partial charge on any atom is 0.371 e. The van der Waals surface area contributed by atoms with Crippen LogP contribution >= 0.6 is 0 Å². The van der Waals surface area contributed by atoms with Gasteiger partial charge >= 0.3 is 5.97 Å². The van der Waals surface area contributed by atoms with Gasteiger partial charge < -0.3 is 5.11 Å². The van der Waals surface area contributed by atoms with Gasteiger partial charge in [0.1, 0.15) is 0 Å². The van der Waals surface area contributed by atoms with Gasteiger partial charge in [-0.15, -0.1) is 0 Å². The summed E-state index contributed by atoms with van der Waals surface area (Å²) in [6, 6.07) is 0. The monoisotopic (exact) mass is 89.0 g/mol. The second kappa shape index (κ2) is 1.55. The highest BCUT2D eigenvalue weighted by Crippen LogP contribution is 1.61. The minimum Gasteiger partial charge on any atom is -0.476 e. The molecule has 0 heterocycles. The van der Waals surface area contributed by atoms with E-state index in [2.05, 4.69) is 0 Å². The van der Waals surface area contributed by atoms with Crippen molar-refractivity contribution in [1.29, 1.82) is 0 Å². The van der Waals surface area contributed by atoms with E-state index in [-0.39, 0.29) is 0 Å². The smallest absolute Gasteiger partial charge is 0.371 e. The Labute approximate surface area is 34.6 Å². The number of ketones is 1. The number of Topliss-reactive ketones (excluding diaryl/α,β-unsaturated/α-hetero) is 1. The quantitative estimate of drug-likeness (QED) is 0.353. The molecule has 0 amide bonds. The number of hydrogen-bond donors (Lipinski definition) is 1. The molecule has 3 nitrogen and oxygen atoms in total. The van der Waals surface area contributed by atoms with Crippen LogP contribution in [0.3, 0.4) is 0 Å². The van der Waals surface area contributed by atoms with E-state index in [4.69, 9.17) is 5.11 Å². The number of carboxylic acid groups (broad SMARTS) is 1. The lowest BCUT2D eigenvalue weighted by Gasteiger charge is -1.73. The Morgan fingerprint density at radius 2 is 1.67 bits per heavy atom. The number of carboxylic acids is 1. The Kier molecular flexibility index (Phi) is 1.32. The lowest BCUT2D eigenvalue weighted by Crippen LogP contribution is -2.05. The summed E-state index contributed by atoms with van der Waals surface area (Å²) in [6.07, 6.45) is 0. The number of carbonyl (C=O) groups excluding carboxylic acids is 1. The van der Waals surface area contributed by atoms with Crippen LogP contribution in [0.2, 0.25) is 0 Å². The molecule has 1 N–H and O–H groups in total. The van der Waals surface area contributed by atoms with E-state index in [1.165, 1.54) is 0 Å². The summed E-state index contributed by atoms with van der Waals surface area (Å²) in [4.78, 5) is 18.9. The summed E-state index contributed by atoms with van der Waals surface area (Å²) >= 11 is 0. The van der Waals surface area contributed by atoms with Crippen LogP contribution in [0, 0.1) is 0 Å². The average Bonchev–Trinajstić information content (AvgIpc) is 1.36. The Morgan fingerprint density at radius 3 is 1.67 bits per heavy atom. The molecule has 0 rings (SSSR count). The van der Waals surface area contributed by atoms with Gasteiger partial charge in [-0.1, -0.05) is 0 Å². The molecule has 0 unspecified atom stereocenters. The van der Waals surface area contributed by atoms with Crippen LogP contribution in [-0.4, -0.2) is 16.9 Å². The minimum absolute atomic E-state index is 0.824. The van der Waals surface area contributed by atoms with Crippen LogP contribution in [0.25, 0.3) is 0 Å². The molecule has 0 atom stereocenters. The topological polar surface area (TPSA) is 54.4 Å². The second-order valence-electron chi connectivity index (χ2n) is 0.861. The largest absolute Gasteiger partial charge is 0.476 e. The van der Waals surface area contributed by atoms with Crippen LogP contribution < -0.4 is 0 Å². The van der Waals surface area contributed by atoms with E-state index in [0.717, 1.165) is 6.92 Å². The molecule has 0 aliphatic carbocycles. The summed E-state index contributed by atoms with van der Waals surface area (Å²) in [7, 11) is 0. The lowest BCUT2D eigenvalue weighted by atomic mass is 10.6. The van der Waals surface area contributed by atoms with E-state index in [9.17, 15) is 9.59 Å². The Bertz CT molecular complexity index is 72.0.